The third-order valence-electron chi connectivity index (χ3n) is 2.43. The van der Waals surface area contributed by atoms with E-state index in [2.05, 4.69) is 27.3 Å². The highest BCUT2D eigenvalue weighted by Crippen LogP contribution is 2.47. The Bertz CT molecular complexity index is 571. The smallest absolute Gasteiger partial charge is 0.140 e. The lowest BCUT2D eigenvalue weighted by Gasteiger charge is -2.21. The van der Waals surface area contributed by atoms with E-state index in [0.29, 0.717) is 5.75 Å². The second-order valence-electron chi connectivity index (χ2n) is 3.52. The highest BCUT2D eigenvalue weighted by molar-refractivity contribution is 9.10. The van der Waals surface area contributed by atoms with Gasteiger partial charge < -0.3 is 10.4 Å². The molecule has 80 valence electrons. The van der Waals surface area contributed by atoms with Gasteiger partial charge in [0, 0.05) is 14.3 Å². The van der Waals surface area contributed by atoms with E-state index in [1.165, 1.54) is 0 Å². The first-order chi connectivity index (χ1) is 7.74. The Kier molecular flexibility index (Phi) is 2.33. The molecule has 0 unspecified atom stereocenters. The minimum absolute atomic E-state index is 0.290. The van der Waals surface area contributed by atoms with E-state index in [1.807, 2.05) is 24.3 Å². The van der Waals surface area contributed by atoms with Gasteiger partial charge in [0.2, 0.25) is 0 Å². The Balaban J connectivity index is 2.13. The molecule has 3 rings (SSSR count). The molecule has 0 amide bonds. The third kappa shape index (κ3) is 1.58. The molecule has 2 aromatic carbocycles. The maximum atomic E-state index is 9.75. The summed E-state index contributed by atoms with van der Waals surface area (Å²) in [5.41, 5.74) is 1.82. The molecule has 1 aliphatic rings. The minimum atomic E-state index is 0.290. The predicted octanol–water partition coefficient (Wildman–Crippen LogP) is 4.36. The maximum absolute atomic E-state index is 9.75. The number of phenols is 1. The van der Waals surface area contributed by atoms with Crippen molar-refractivity contribution in [1.29, 1.82) is 0 Å². The van der Waals surface area contributed by atoms with Gasteiger partial charge >= 0.3 is 0 Å². The van der Waals surface area contributed by atoms with E-state index in [4.69, 9.17) is 0 Å². The summed E-state index contributed by atoms with van der Waals surface area (Å²) in [5, 5.41) is 13.0. The van der Waals surface area contributed by atoms with Crippen LogP contribution in [0.2, 0.25) is 0 Å². The lowest BCUT2D eigenvalue weighted by Crippen LogP contribution is -1.99. The third-order valence-corrected chi connectivity index (χ3v) is 4.04. The minimum Gasteiger partial charge on any atom is -0.506 e. The van der Waals surface area contributed by atoms with Crippen LogP contribution >= 0.6 is 27.7 Å². The molecule has 0 aromatic heterocycles. The van der Waals surface area contributed by atoms with Gasteiger partial charge in [-0.2, -0.15) is 0 Å². The summed E-state index contributed by atoms with van der Waals surface area (Å²) >= 11 is 5.11. The molecule has 0 fully saturated rings. The molecule has 2 N–H and O–H groups in total. The number of hydrogen-bond acceptors (Lipinski definition) is 3. The summed E-state index contributed by atoms with van der Waals surface area (Å²) in [6.07, 6.45) is 0. The number of nitrogens with one attached hydrogen (secondary N) is 1. The van der Waals surface area contributed by atoms with Gasteiger partial charge in [-0.1, -0.05) is 33.8 Å². The molecule has 0 radical (unpaired) electrons. The van der Waals surface area contributed by atoms with E-state index in [0.717, 1.165) is 25.6 Å². The van der Waals surface area contributed by atoms with Gasteiger partial charge in [0.15, 0.2) is 0 Å². The van der Waals surface area contributed by atoms with Crippen LogP contribution < -0.4 is 5.32 Å². The first-order valence-electron chi connectivity index (χ1n) is 4.80. The molecule has 0 bridgehead atoms. The molecular weight excluding hydrogens is 286 g/mol. The number of rotatable bonds is 0. The number of para-hydroxylation sites is 1. The van der Waals surface area contributed by atoms with Crippen molar-refractivity contribution < 1.29 is 5.11 Å². The van der Waals surface area contributed by atoms with Crippen molar-refractivity contribution in [3.63, 3.8) is 0 Å². The van der Waals surface area contributed by atoms with Crippen molar-refractivity contribution in [2.24, 2.45) is 0 Å². The largest absolute Gasteiger partial charge is 0.506 e. The summed E-state index contributed by atoms with van der Waals surface area (Å²) < 4.78 is 1.06. The van der Waals surface area contributed by atoms with Crippen LogP contribution in [0.15, 0.2) is 50.7 Å². The van der Waals surface area contributed by atoms with Gasteiger partial charge in [0.25, 0.3) is 0 Å². The fourth-order valence-electron chi connectivity index (χ4n) is 1.67. The quantitative estimate of drug-likeness (QED) is 0.604. The summed E-state index contributed by atoms with van der Waals surface area (Å²) in [6.45, 7) is 0. The van der Waals surface area contributed by atoms with E-state index < -0.39 is 0 Å². The Morgan fingerprint density at radius 2 is 2.00 bits per heavy atom. The van der Waals surface area contributed by atoms with Gasteiger partial charge in [-0.25, -0.2) is 0 Å². The molecule has 16 heavy (non-hydrogen) atoms. The molecule has 0 atom stereocenters. The number of aromatic hydroxyl groups is 1. The molecule has 4 heteroatoms. The van der Waals surface area contributed by atoms with Gasteiger partial charge in [-0.3, -0.25) is 0 Å². The second-order valence-corrected chi connectivity index (χ2v) is 5.52. The number of anilines is 2. The van der Waals surface area contributed by atoms with Crippen molar-refractivity contribution in [3.05, 3.63) is 40.9 Å². The lowest BCUT2D eigenvalue weighted by atomic mass is 10.2. The Morgan fingerprint density at radius 3 is 2.88 bits per heavy atom. The van der Waals surface area contributed by atoms with Crippen molar-refractivity contribution >= 4 is 39.1 Å². The monoisotopic (exact) mass is 293 g/mol. The maximum Gasteiger partial charge on any atom is 0.140 e. The molecule has 1 heterocycles. The van der Waals surface area contributed by atoms with Crippen molar-refractivity contribution in [3.8, 4) is 5.75 Å². The van der Waals surface area contributed by atoms with E-state index >= 15 is 0 Å². The fraction of sp³-hybridized carbons (Fsp3) is 0. The van der Waals surface area contributed by atoms with Crippen LogP contribution in [0.4, 0.5) is 11.4 Å². The molecule has 2 nitrogen and oxygen atoms in total. The molecule has 1 aliphatic heterocycles. The zero-order valence-corrected chi connectivity index (χ0v) is 10.6. The number of hydrogen-bond donors (Lipinski definition) is 2. The summed E-state index contributed by atoms with van der Waals surface area (Å²) in [5.74, 6) is 0.290. The van der Waals surface area contributed by atoms with E-state index in [9.17, 15) is 5.11 Å². The topological polar surface area (TPSA) is 32.3 Å². The van der Waals surface area contributed by atoms with Crippen molar-refractivity contribution in [2.75, 3.05) is 5.32 Å². The number of halogens is 1. The highest BCUT2D eigenvalue weighted by atomic mass is 79.9. The number of fused-ring (bicyclic) bond motifs is 2. The Hall–Kier alpha value is -1.13. The van der Waals surface area contributed by atoms with Gasteiger partial charge in [0.05, 0.1) is 11.4 Å². The standard InChI is InChI=1S/C12H8BrNOS/c13-7-4-5-8-11(6-7)16-10-3-1-2-9(15)12(10)14-8/h1-6,14-15H. The Labute approximate surface area is 106 Å². The first-order valence-corrected chi connectivity index (χ1v) is 6.41. The van der Waals surface area contributed by atoms with E-state index in [1.54, 1.807) is 17.8 Å². The number of benzene rings is 2. The summed E-state index contributed by atoms with van der Waals surface area (Å²) in [6, 6.07) is 11.6. The highest BCUT2D eigenvalue weighted by Gasteiger charge is 2.17. The zero-order valence-electron chi connectivity index (χ0n) is 8.20. The first kappa shape index (κ1) is 10.1. The van der Waals surface area contributed by atoms with Crippen LogP contribution in [-0.4, -0.2) is 5.11 Å². The average molecular weight is 294 g/mol. The predicted molar refractivity (Wildman–Crippen MR) is 69.7 cm³/mol. The van der Waals surface area contributed by atoms with Crippen LogP contribution in [0, 0.1) is 0 Å². The number of phenolic OH excluding ortho intramolecular Hbond substituents is 1. The van der Waals surface area contributed by atoms with Crippen molar-refractivity contribution in [1.82, 2.24) is 0 Å². The fourth-order valence-corrected chi connectivity index (χ4v) is 3.24. The average Bonchev–Trinajstić information content (AvgIpc) is 2.27. The normalized spacial score (nSPS) is 12.6. The molecule has 0 aliphatic carbocycles. The van der Waals surface area contributed by atoms with Crippen LogP contribution in [0.25, 0.3) is 0 Å². The second kappa shape index (κ2) is 3.71. The summed E-state index contributed by atoms with van der Waals surface area (Å²) in [7, 11) is 0. The van der Waals surface area contributed by atoms with Gasteiger partial charge in [-0.15, -0.1) is 0 Å². The van der Waals surface area contributed by atoms with Gasteiger partial charge in [-0.05, 0) is 30.3 Å². The van der Waals surface area contributed by atoms with Gasteiger partial charge in [0.1, 0.15) is 5.75 Å². The molecular formula is C12H8BrNOS. The van der Waals surface area contributed by atoms with Crippen molar-refractivity contribution in [2.45, 2.75) is 9.79 Å². The van der Waals surface area contributed by atoms with E-state index in [-0.39, 0.29) is 0 Å². The lowest BCUT2D eigenvalue weighted by molar-refractivity contribution is 0.476. The Morgan fingerprint density at radius 1 is 1.12 bits per heavy atom. The van der Waals surface area contributed by atoms with Crippen LogP contribution in [-0.2, 0) is 0 Å². The molecule has 0 spiro atoms. The SMILES string of the molecule is Oc1cccc2c1Nc1ccc(Br)cc1S2. The van der Waals surface area contributed by atoms with Crippen LogP contribution in [0.3, 0.4) is 0 Å². The molecule has 2 aromatic rings. The summed E-state index contributed by atoms with van der Waals surface area (Å²) in [4.78, 5) is 2.21. The molecule has 0 saturated carbocycles. The molecule has 0 saturated heterocycles. The van der Waals surface area contributed by atoms with Crippen LogP contribution in [0.1, 0.15) is 0 Å². The zero-order chi connectivity index (χ0) is 11.1. The van der Waals surface area contributed by atoms with Crippen LogP contribution in [0.5, 0.6) is 5.75 Å².